The zero-order chi connectivity index (χ0) is 36.2. The number of imide groups is 2. The van der Waals surface area contributed by atoms with Crippen molar-refractivity contribution < 1.29 is 19.2 Å². The fourth-order valence-electron chi connectivity index (χ4n) is 8.49. The van der Waals surface area contributed by atoms with Gasteiger partial charge in [0, 0.05) is 21.5 Å². The summed E-state index contributed by atoms with van der Waals surface area (Å²) in [4.78, 5) is 58.8. The summed E-state index contributed by atoms with van der Waals surface area (Å²) in [5, 5.41) is 4.19. The van der Waals surface area contributed by atoms with Gasteiger partial charge in [-0.1, -0.05) is 84.9 Å². The third-order valence-corrected chi connectivity index (χ3v) is 10.8. The number of anilines is 2. The van der Waals surface area contributed by atoms with Crippen molar-refractivity contribution >= 4 is 78.6 Å². The molecule has 0 unspecified atom stereocenters. The molecule has 4 amide bonds. The van der Waals surface area contributed by atoms with Crippen LogP contribution < -0.4 is 9.80 Å². The van der Waals surface area contributed by atoms with Crippen LogP contribution in [0.4, 0.5) is 11.4 Å². The molecule has 9 aromatic rings. The first kappa shape index (κ1) is 30.1. The number of fused-ring (bicyclic) bond motifs is 8. The monoisotopic (exact) mass is 698 g/mol. The maximum Gasteiger partial charge on any atom is 0.268 e. The number of carbonyl (C=O) groups is 4. The van der Waals surface area contributed by atoms with E-state index in [1.807, 2.05) is 94.1 Å². The van der Waals surface area contributed by atoms with Crippen molar-refractivity contribution in [2.75, 3.05) is 9.80 Å². The number of aromatic nitrogens is 2. The lowest BCUT2D eigenvalue weighted by molar-refractivity contribution is 0.0909. The fourth-order valence-corrected chi connectivity index (χ4v) is 8.49. The van der Waals surface area contributed by atoms with E-state index in [1.165, 1.54) is 0 Å². The minimum Gasteiger partial charge on any atom is -0.308 e. The molecule has 0 saturated heterocycles. The van der Waals surface area contributed by atoms with E-state index in [0.29, 0.717) is 45.0 Å². The van der Waals surface area contributed by atoms with Crippen LogP contribution in [0.1, 0.15) is 41.4 Å². The highest BCUT2D eigenvalue weighted by Gasteiger charge is 2.41. The Kier molecular flexibility index (Phi) is 6.11. The van der Waals surface area contributed by atoms with E-state index < -0.39 is 23.6 Å². The van der Waals surface area contributed by atoms with Gasteiger partial charge in [0.25, 0.3) is 23.6 Å². The molecule has 8 heteroatoms. The van der Waals surface area contributed by atoms with Gasteiger partial charge in [-0.15, -0.1) is 0 Å². The molecule has 2 aromatic heterocycles. The molecule has 0 saturated carbocycles. The van der Waals surface area contributed by atoms with Crippen LogP contribution in [0.2, 0.25) is 0 Å². The van der Waals surface area contributed by atoms with E-state index in [0.717, 1.165) is 53.4 Å². The quantitative estimate of drug-likeness (QED) is 0.172. The number of para-hydroxylation sites is 4. The average molecular weight is 699 g/mol. The summed E-state index contributed by atoms with van der Waals surface area (Å²) < 4.78 is 4.08. The first-order valence-electron chi connectivity index (χ1n) is 17.6. The standard InChI is InChI=1S/C46H26N4O4/c51-43-33-15-9-21-39(49-35-17-5-1-11-29(35)30-12-2-6-18-36(30)49)41(33)45(53)47(43)27-23-25-28(26-24-27)48-44(52)34-16-10-22-40(42(34)46(48)54)50-37-19-7-3-13-31(37)32-14-4-8-20-38(32)50/h1-26H. The Bertz CT molecular complexity index is 2830. The van der Waals surface area contributed by atoms with E-state index in [4.69, 9.17) is 0 Å². The number of hydrogen-bond acceptors (Lipinski definition) is 4. The van der Waals surface area contributed by atoms with Crippen molar-refractivity contribution in [1.29, 1.82) is 0 Å². The molecule has 0 spiro atoms. The average Bonchev–Trinajstić information content (AvgIpc) is 3.89. The number of carbonyl (C=O) groups excluding carboxylic acids is 4. The number of amides is 4. The summed E-state index contributed by atoms with van der Waals surface area (Å²) in [6, 6.07) is 49.1. The summed E-state index contributed by atoms with van der Waals surface area (Å²) in [5.41, 5.74) is 6.86. The molecule has 8 nitrogen and oxygen atoms in total. The van der Waals surface area contributed by atoms with Crippen molar-refractivity contribution in [3.63, 3.8) is 0 Å². The third-order valence-electron chi connectivity index (χ3n) is 10.8. The maximum absolute atomic E-state index is 14.3. The van der Waals surface area contributed by atoms with E-state index in [9.17, 15) is 19.2 Å². The number of rotatable bonds is 4. The van der Waals surface area contributed by atoms with E-state index >= 15 is 0 Å². The Morgan fingerprint density at radius 1 is 0.296 bits per heavy atom. The molecule has 11 rings (SSSR count). The van der Waals surface area contributed by atoms with Crippen LogP contribution >= 0.6 is 0 Å². The van der Waals surface area contributed by atoms with Crippen molar-refractivity contribution in [3.05, 3.63) is 180 Å². The largest absolute Gasteiger partial charge is 0.308 e. The van der Waals surface area contributed by atoms with Crippen LogP contribution in [0.15, 0.2) is 158 Å². The highest BCUT2D eigenvalue weighted by molar-refractivity contribution is 6.37. The predicted octanol–water partition coefficient (Wildman–Crippen LogP) is 9.48. The molecule has 0 bridgehead atoms. The summed E-state index contributed by atoms with van der Waals surface area (Å²) in [6.07, 6.45) is 0. The smallest absolute Gasteiger partial charge is 0.268 e. The lowest BCUT2D eigenvalue weighted by atomic mass is 10.1. The fraction of sp³-hybridized carbons (Fsp3) is 0. The summed E-state index contributed by atoms with van der Waals surface area (Å²) in [7, 11) is 0. The van der Waals surface area contributed by atoms with Gasteiger partial charge in [0.15, 0.2) is 0 Å². The zero-order valence-corrected chi connectivity index (χ0v) is 28.4. The minimum absolute atomic E-state index is 0.307. The van der Waals surface area contributed by atoms with E-state index in [2.05, 4.69) is 24.3 Å². The van der Waals surface area contributed by atoms with Crippen LogP contribution in [0.25, 0.3) is 55.0 Å². The van der Waals surface area contributed by atoms with Gasteiger partial charge >= 0.3 is 0 Å². The second-order valence-electron chi connectivity index (χ2n) is 13.5. The van der Waals surface area contributed by atoms with Gasteiger partial charge in [0.1, 0.15) is 0 Å². The molecule has 4 heterocycles. The van der Waals surface area contributed by atoms with Crippen LogP contribution in [0, 0.1) is 0 Å². The lowest BCUT2D eigenvalue weighted by Crippen LogP contribution is -2.31. The van der Waals surface area contributed by atoms with Crippen LogP contribution in [-0.4, -0.2) is 32.8 Å². The second kappa shape index (κ2) is 11.0. The van der Waals surface area contributed by atoms with Crippen LogP contribution in [0.3, 0.4) is 0 Å². The van der Waals surface area contributed by atoms with Crippen LogP contribution in [0.5, 0.6) is 0 Å². The summed E-state index contributed by atoms with van der Waals surface area (Å²) >= 11 is 0. The highest BCUT2D eigenvalue weighted by Crippen LogP contribution is 2.40. The molecule has 2 aliphatic heterocycles. The van der Waals surface area contributed by atoms with Crippen molar-refractivity contribution in [1.82, 2.24) is 9.13 Å². The van der Waals surface area contributed by atoms with Crippen LogP contribution in [-0.2, 0) is 0 Å². The maximum atomic E-state index is 14.3. The number of nitrogens with zero attached hydrogens (tertiary/aromatic N) is 4. The van der Waals surface area contributed by atoms with Gasteiger partial charge in [0.2, 0.25) is 0 Å². The Morgan fingerprint density at radius 2 is 0.611 bits per heavy atom. The predicted molar refractivity (Wildman–Crippen MR) is 210 cm³/mol. The first-order valence-corrected chi connectivity index (χ1v) is 17.6. The Hall–Kier alpha value is -7.58. The topological polar surface area (TPSA) is 84.6 Å². The van der Waals surface area contributed by atoms with Gasteiger partial charge in [-0.2, -0.15) is 0 Å². The van der Waals surface area contributed by atoms with Gasteiger partial charge in [-0.25, -0.2) is 9.80 Å². The van der Waals surface area contributed by atoms with Gasteiger partial charge in [-0.05, 0) is 72.8 Å². The first-order chi connectivity index (χ1) is 26.5. The van der Waals surface area contributed by atoms with Gasteiger partial charge < -0.3 is 9.13 Å². The molecule has 54 heavy (non-hydrogen) atoms. The van der Waals surface area contributed by atoms with Crippen molar-refractivity contribution in [2.24, 2.45) is 0 Å². The second-order valence-corrected chi connectivity index (χ2v) is 13.5. The molecule has 0 N–H and O–H groups in total. The third kappa shape index (κ3) is 3.91. The van der Waals surface area contributed by atoms with Gasteiger partial charge in [-0.3, -0.25) is 19.2 Å². The Morgan fingerprint density at radius 3 is 0.944 bits per heavy atom. The number of hydrogen-bond donors (Lipinski definition) is 0. The molecule has 0 aliphatic carbocycles. The number of benzene rings is 7. The SMILES string of the molecule is O=C1c2cccc(-n3c4ccccc4c4ccccc43)c2C(=O)N1c1ccc(N2C(=O)c3cccc(-n4c5ccccc5c5ccccc54)c3C2=O)cc1. The molecular weight excluding hydrogens is 673 g/mol. The summed E-state index contributed by atoms with van der Waals surface area (Å²) in [6.45, 7) is 0. The van der Waals surface area contributed by atoms with Gasteiger partial charge in [0.05, 0.1) is 67.1 Å². The van der Waals surface area contributed by atoms with Crippen molar-refractivity contribution in [3.8, 4) is 11.4 Å². The lowest BCUT2D eigenvalue weighted by Gasteiger charge is -2.18. The zero-order valence-electron chi connectivity index (χ0n) is 28.4. The summed E-state index contributed by atoms with van der Waals surface area (Å²) in [5.74, 6) is -1.78. The molecule has 0 fully saturated rings. The van der Waals surface area contributed by atoms with Crippen molar-refractivity contribution in [2.45, 2.75) is 0 Å². The normalized spacial score (nSPS) is 14.0. The minimum atomic E-state index is -0.447. The van der Waals surface area contributed by atoms with E-state index in [1.54, 1.807) is 48.5 Å². The molecular formula is C46H26N4O4. The Labute approximate surface area is 307 Å². The highest BCUT2D eigenvalue weighted by atomic mass is 16.2. The molecule has 0 radical (unpaired) electrons. The molecule has 254 valence electrons. The Balaban J connectivity index is 0.967. The van der Waals surface area contributed by atoms with E-state index in [-0.39, 0.29) is 0 Å². The molecule has 7 aromatic carbocycles. The molecule has 2 aliphatic rings. The molecule has 0 atom stereocenters.